The van der Waals surface area contributed by atoms with E-state index in [0.29, 0.717) is 0 Å². The van der Waals surface area contributed by atoms with Gasteiger partial charge in [0.1, 0.15) is 0 Å². The SMILES string of the molecule is O=CN(CCC1C2CC3CC(C2)CC1C3)CC1C2CC3CC(C2)CC1C3. The summed E-state index contributed by atoms with van der Waals surface area (Å²) in [5.74, 6) is 9.97. The molecule has 2 nitrogen and oxygen atoms in total. The summed E-state index contributed by atoms with van der Waals surface area (Å²) in [6.45, 7) is 2.14. The van der Waals surface area contributed by atoms with Gasteiger partial charge >= 0.3 is 0 Å². The van der Waals surface area contributed by atoms with E-state index >= 15 is 0 Å². The highest BCUT2D eigenvalue weighted by Crippen LogP contribution is 2.58. The van der Waals surface area contributed by atoms with Crippen molar-refractivity contribution >= 4 is 6.41 Å². The van der Waals surface area contributed by atoms with Crippen LogP contribution in [0.25, 0.3) is 0 Å². The molecule has 8 aliphatic carbocycles. The first-order valence-corrected chi connectivity index (χ1v) is 11.9. The molecule has 0 radical (unpaired) electrons. The fourth-order valence-electron chi connectivity index (χ4n) is 9.62. The predicted octanol–water partition coefficient (Wildman–Crippen LogP) is 4.98. The van der Waals surface area contributed by atoms with Crippen molar-refractivity contribution in [2.75, 3.05) is 13.1 Å². The largest absolute Gasteiger partial charge is 0.345 e. The van der Waals surface area contributed by atoms with Crippen molar-refractivity contribution in [3.8, 4) is 0 Å². The van der Waals surface area contributed by atoms with Crippen molar-refractivity contribution in [2.24, 2.45) is 59.2 Å². The number of hydrogen-bond donors (Lipinski definition) is 0. The molecule has 26 heavy (non-hydrogen) atoms. The molecule has 0 atom stereocenters. The Bertz CT molecular complexity index is 500. The molecule has 0 unspecified atom stereocenters. The van der Waals surface area contributed by atoms with Gasteiger partial charge in [-0.2, -0.15) is 0 Å². The topological polar surface area (TPSA) is 20.3 Å². The molecule has 1 amide bonds. The monoisotopic (exact) mass is 355 g/mol. The molecule has 8 rings (SSSR count). The Kier molecular flexibility index (Phi) is 3.94. The molecule has 0 aromatic carbocycles. The van der Waals surface area contributed by atoms with Crippen LogP contribution < -0.4 is 0 Å². The molecular weight excluding hydrogens is 318 g/mol. The van der Waals surface area contributed by atoms with Gasteiger partial charge in [0.05, 0.1) is 0 Å². The Balaban J connectivity index is 1.07. The van der Waals surface area contributed by atoms with Gasteiger partial charge in [0, 0.05) is 13.1 Å². The van der Waals surface area contributed by atoms with Gasteiger partial charge in [-0.25, -0.2) is 0 Å². The minimum Gasteiger partial charge on any atom is -0.345 e. The van der Waals surface area contributed by atoms with Crippen LogP contribution in [0.3, 0.4) is 0 Å². The zero-order chi connectivity index (χ0) is 17.3. The first-order valence-electron chi connectivity index (χ1n) is 11.9. The van der Waals surface area contributed by atoms with Gasteiger partial charge in [0.25, 0.3) is 0 Å². The molecule has 8 bridgehead atoms. The highest BCUT2D eigenvalue weighted by atomic mass is 16.1. The van der Waals surface area contributed by atoms with Crippen molar-refractivity contribution in [3.63, 3.8) is 0 Å². The molecule has 0 aromatic heterocycles. The van der Waals surface area contributed by atoms with Crippen molar-refractivity contribution in [3.05, 3.63) is 0 Å². The molecule has 0 spiro atoms. The summed E-state index contributed by atoms with van der Waals surface area (Å²) in [5, 5.41) is 0. The van der Waals surface area contributed by atoms with E-state index in [-0.39, 0.29) is 0 Å². The van der Waals surface area contributed by atoms with Crippen molar-refractivity contribution in [1.82, 2.24) is 4.90 Å². The minimum atomic E-state index is 0.839. The zero-order valence-corrected chi connectivity index (χ0v) is 16.4. The Morgan fingerprint density at radius 1 is 0.615 bits per heavy atom. The lowest BCUT2D eigenvalue weighted by atomic mass is 9.51. The summed E-state index contributed by atoms with van der Waals surface area (Å²) in [6.07, 6.45) is 17.6. The molecule has 8 aliphatic rings. The number of amides is 1. The van der Waals surface area contributed by atoms with Gasteiger partial charge in [-0.05, 0) is 130 Å². The molecule has 0 saturated heterocycles. The van der Waals surface area contributed by atoms with Gasteiger partial charge in [-0.1, -0.05) is 0 Å². The summed E-state index contributed by atoms with van der Waals surface area (Å²) >= 11 is 0. The molecule has 8 fully saturated rings. The fraction of sp³-hybridized carbons (Fsp3) is 0.958. The van der Waals surface area contributed by atoms with E-state index in [9.17, 15) is 4.79 Å². The van der Waals surface area contributed by atoms with E-state index in [1.165, 1.54) is 70.6 Å². The third kappa shape index (κ3) is 2.68. The van der Waals surface area contributed by atoms with E-state index in [4.69, 9.17) is 0 Å². The molecule has 2 heteroatoms. The van der Waals surface area contributed by atoms with Gasteiger partial charge in [0.2, 0.25) is 6.41 Å². The van der Waals surface area contributed by atoms with Gasteiger partial charge in [-0.15, -0.1) is 0 Å². The normalized spacial score (nSPS) is 53.2. The number of rotatable bonds is 6. The standard InChI is InChI=1S/C24H37NO/c26-14-25(13-24-21-9-17-4-18(11-21)12-22(24)10-17)2-1-23-19-5-15-3-16(7-19)8-20(23)6-15/h14-24H,1-13H2. The van der Waals surface area contributed by atoms with Crippen molar-refractivity contribution < 1.29 is 4.79 Å². The second-order valence-electron chi connectivity index (χ2n) is 11.6. The Morgan fingerprint density at radius 3 is 1.46 bits per heavy atom. The van der Waals surface area contributed by atoms with Crippen LogP contribution in [0.2, 0.25) is 0 Å². The summed E-state index contributed by atoms with van der Waals surface area (Å²) in [7, 11) is 0. The fourth-order valence-corrected chi connectivity index (χ4v) is 9.62. The molecule has 144 valence electrons. The summed E-state index contributed by atoms with van der Waals surface area (Å²) in [4.78, 5) is 14.1. The maximum absolute atomic E-state index is 11.9. The van der Waals surface area contributed by atoms with Crippen LogP contribution >= 0.6 is 0 Å². The van der Waals surface area contributed by atoms with E-state index in [0.717, 1.165) is 72.3 Å². The Morgan fingerprint density at radius 2 is 1.04 bits per heavy atom. The highest BCUT2D eigenvalue weighted by molar-refractivity contribution is 5.47. The number of carbonyl (C=O) groups excluding carboxylic acids is 1. The van der Waals surface area contributed by atoms with Crippen molar-refractivity contribution in [2.45, 2.75) is 70.6 Å². The maximum atomic E-state index is 11.9. The van der Waals surface area contributed by atoms with E-state index in [1.807, 2.05) is 0 Å². The third-order valence-electron chi connectivity index (χ3n) is 10.2. The minimum absolute atomic E-state index is 0.839. The van der Waals surface area contributed by atoms with Crippen LogP contribution in [-0.2, 0) is 4.79 Å². The van der Waals surface area contributed by atoms with Gasteiger partial charge in [-0.3, -0.25) is 4.79 Å². The third-order valence-corrected chi connectivity index (χ3v) is 10.2. The number of nitrogens with zero attached hydrogens (tertiary/aromatic N) is 1. The van der Waals surface area contributed by atoms with E-state index in [1.54, 1.807) is 6.42 Å². The zero-order valence-electron chi connectivity index (χ0n) is 16.4. The van der Waals surface area contributed by atoms with Gasteiger partial charge in [0.15, 0.2) is 0 Å². The van der Waals surface area contributed by atoms with Crippen LogP contribution in [0.1, 0.15) is 70.6 Å². The smallest absolute Gasteiger partial charge is 0.209 e. The lowest BCUT2D eigenvalue weighted by molar-refractivity contribution is -0.122. The van der Waals surface area contributed by atoms with Gasteiger partial charge < -0.3 is 4.90 Å². The molecule has 0 aromatic rings. The molecule has 0 N–H and O–H groups in total. The molecule has 0 heterocycles. The molecule has 8 saturated carbocycles. The maximum Gasteiger partial charge on any atom is 0.209 e. The summed E-state index contributed by atoms with van der Waals surface area (Å²) in [5.41, 5.74) is 0. The Hall–Kier alpha value is -0.530. The first-order chi connectivity index (χ1) is 12.7. The summed E-state index contributed by atoms with van der Waals surface area (Å²) < 4.78 is 0. The lowest BCUT2D eigenvalue weighted by Crippen LogP contribution is -2.49. The second kappa shape index (κ2) is 6.24. The lowest BCUT2D eigenvalue weighted by Gasteiger charge is -2.56. The van der Waals surface area contributed by atoms with Crippen molar-refractivity contribution in [1.29, 1.82) is 0 Å². The number of carbonyl (C=O) groups is 1. The van der Waals surface area contributed by atoms with Crippen LogP contribution in [0.15, 0.2) is 0 Å². The average molecular weight is 356 g/mol. The van der Waals surface area contributed by atoms with Crippen LogP contribution in [0, 0.1) is 59.2 Å². The Labute approximate surface area is 159 Å². The quantitative estimate of drug-likeness (QED) is 0.615. The first kappa shape index (κ1) is 16.4. The van der Waals surface area contributed by atoms with E-state index < -0.39 is 0 Å². The molecular formula is C24H37NO. The number of hydrogen-bond acceptors (Lipinski definition) is 1. The summed E-state index contributed by atoms with van der Waals surface area (Å²) in [6, 6.07) is 0. The molecule has 0 aliphatic heterocycles. The van der Waals surface area contributed by atoms with Crippen LogP contribution in [0.4, 0.5) is 0 Å². The predicted molar refractivity (Wildman–Crippen MR) is 103 cm³/mol. The second-order valence-corrected chi connectivity index (χ2v) is 11.6. The van der Waals surface area contributed by atoms with Crippen LogP contribution in [-0.4, -0.2) is 24.4 Å². The van der Waals surface area contributed by atoms with E-state index in [2.05, 4.69) is 4.90 Å². The van der Waals surface area contributed by atoms with Crippen LogP contribution in [0.5, 0.6) is 0 Å². The average Bonchev–Trinajstić information content (AvgIpc) is 2.61. The highest BCUT2D eigenvalue weighted by Gasteiger charge is 2.49.